The van der Waals surface area contributed by atoms with Crippen LogP contribution in [0.25, 0.3) is 0 Å². The van der Waals surface area contributed by atoms with Gasteiger partial charge in [-0.1, -0.05) is 110 Å². The summed E-state index contributed by atoms with van der Waals surface area (Å²) in [5.74, 6) is -0.671. The van der Waals surface area contributed by atoms with E-state index in [9.17, 15) is 18.0 Å². The topological polar surface area (TPSA) is 86.8 Å². The molecular weight excluding hydrogens is 607 g/mol. The van der Waals surface area contributed by atoms with E-state index in [-0.39, 0.29) is 23.4 Å². The summed E-state index contributed by atoms with van der Waals surface area (Å²) in [6.07, 6.45) is 5.39. The molecule has 1 N–H and O–H groups in total. The Morgan fingerprint density at radius 3 is 2.02 bits per heavy atom. The molecule has 2 amide bonds. The molecule has 5 rings (SSSR count). The molecule has 0 radical (unpaired) electrons. The van der Waals surface area contributed by atoms with Crippen LogP contribution in [0.5, 0.6) is 0 Å². The number of aryl methyl sites for hydroxylation is 2. The average molecular weight is 652 g/mol. The SMILES string of the molecule is Cc1ccc(S(=O)(=O)N(CC(=O)N(Cc2ccccc2)[C@@H](Cc2ccccc2)C(=O)NC2CCCCC2)c2cccc(C)c2C)cc1. The quantitative estimate of drug-likeness (QED) is 0.181. The molecule has 1 atom stereocenters. The van der Waals surface area contributed by atoms with Gasteiger partial charge in [0, 0.05) is 19.0 Å². The molecule has 0 bridgehead atoms. The van der Waals surface area contributed by atoms with E-state index in [0.717, 1.165) is 59.9 Å². The highest BCUT2D eigenvalue weighted by atomic mass is 32.2. The fourth-order valence-electron chi connectivity index (χ4n) is 6.23. The third kappa shape index (κ3) is 8.49. The Kier molecular flexibility index (Phi) is 11.1. The number of hydrogen-bond donors (Lipinski definition) is 1. The second-order valence-corrected chi connectivity index (χ2v) is 14.5. The minimum absolute atomic E-state index is 0.0524. The van der Waals surface area contributed by atoms with Gasteiger partial charge in [0.05, 0.1) is 10.6 Å². The maximum Gasteiger partial charge on any atom is 0.264 e. The van der Waals surface area contributed by atoms with Crippen molar-refractivity contribution in [3.05, 3.63) is 131 Å². The molecule has 0 aromatic heterocycles. The zero-order valence-electron chi connectivity index (χ0n) is 27.6. The molecule has 0 heterocycles. The first kappa shape index (κ1) is 33.9. The highest BCUT2D eigenvalue weighted by Crippen LogP contribution is 2.30. The van der Waals surface area contributed by atoms with Crippen LogP contribution in [0, 0.1) is 20.8 Å². The van der Waals surface area contributed by atoms with Crippen molar-refractivity contribution in [2.24, 2.45) is 0 Å². The van der Waals surface area contributed by atoms with Crippen LogP contribution in [0.15, 0.2) is 108 Å². The fraction of sp³-hybridized carbons (Fsp3) is 0.333. The molecule has 4 aromatic rings. The molecule has 1 aliphatic rings. The minimum Gasteiger partial charge on any atom is -0.352 e. The zero-order chi connectivity index (χ0) is 33.4. The van der Waals surface area contributed by atoms with E-state index in [1.165, 1.54) is 4.31 Å². The number of nitrogens with zero attached hydrogens (tertiary/aromatic N) is 2. The largest absolute Gasteiger partial charge is 0.352 e. The summed E-state index contributed by atoms with van der Waals surface area (Å²) in [4.78, 5) is 30.6. The summed E-state index contributed by atoms with van der Waals surface area (Å²) in [6.45, 7) is 5.37. The summed E-state index contributed by atoms with van der Waals surface area (Å²) in [6, 6.07) is 30.5. The molecule has 1 fully saturated rings. The molecular formula is C39H45N3O4S. The lowest BCUT2D eigenvalue weighted by Gasteiger charge is -2.35. The van der Waals surface area contributed by atoms with Gasteiger partial charge in [0.25, 0.3) is 10.0 Å². The smallest absolute Gasteiger partial charge is 0.264 e. The second-order valence-electron chi connectivity index (χ2n) is 12.6. The molecule has 8 heteroatoms. The van der Waals surface area contributed by atoms with Crippen molar-refractivity contribution in [3.63, 3.8) is 0 Å². The number of benzene rings is 4. The molecule has 246 valence electrons. The van der Waals surface area contributed by atoms with Gasteiger partial charge in [0.1, 0.15) is 12.6 Å². The average Bonchev–Trinajstić information content (AvgIpc) is 3.08. The van der Waals surface area contributed by atoms with Gasteiger partial charge in [-0.3, -0.25) is 13.9 Å². The monoisotopic (exact) mass is 651 g/mol. The molecule has 4 aromatic carbocycles. The maximum atomic E-state index is 14.7. The van der Waals surface area contributed by atoms with Gasteiger partial charge < -0.3 is 10.2 Å². The number of amides is 2. The molecule has 1 saturated carbocycles. The standard InChI is InChI=1S/C39H45N3O4S/c1-29-22-24-35(25-23-29)47(45,46)42(36-21-13-14-30(2)31(36)3)28-38(43)41(27-33-17-9-5-10-18-33)37(26-32-15-7-4-8-16-32)39(44)40-34-19-11-6-12-20-34/h4-5,7-10,13-18,21-25,34,37H,6,11-12,19-20,26-28H2,1-3H3,(H,40,44)/t37-/m0/s1. The predicted molar refractivity (Wildman–Crippen MR) is 188 cm³/mol. The van der Waals surface area contributed by atoms with Crippen LogP contribution >= 0.6 is 0 Å². The van der Waals surface area contributed by atoms with Crippen LogP contribution < -0.4 is 9.62 Å². The Morgan fingerprint density at radius 2 is 1.38 bits per heavy atom. The van der Waals surface area contributed by atoms with Gasteiger partial charge in [-0.25, -0.2) is 8.42 Å². The first-order chi connectivity index (χ1) is 22.6. The van der Waals surface area contributed by atoms with Gasteiger partial charge >= 0.3 is 0 Å². The van der Waals surface area contributed by atoms with E-state index in [0.29, 0.717) is 12.1 Å². The van der Waals surface area contributed by atoms with E-state index in [1.54, 1.807) is 41.3 Å². The van der Waals surface area contributed by atoms with Crippen LogP contribution in [0.3, 0.4) is 0 Å². The molecule has 1 aliphatic carbocycles. The van der Waals surface area contributed by atoms with Crippen molar-refractivity contribution >= 4 is 27.5 Å². The van der Waals surface area contributed by atoms with E-state index >= 15 is 0 Å². The predicted octanol–water partition coefficient (Wildman–Crippen LogP) is 6.90. The van der Waals surface area contributed by atoms with Crippen molar-refractivity contribution < 1.29 is 18.0 Å². The van der Waals surface area contributed by atoms with Gasteiger partial charge in [0.2, 0.25) is 11.8 Å². The lowest BCUT2D eigenvalue weighted by Crippen LogP contribution is -2.55. The Labute approximate surface area is 279 Å². The highest BCUT2D eigenvalue weighted by Gasteiger charge is 2.36. The number of carbonyl (C=O) groups excluding carboxylic acids is 2. The van der Waals surface area contributed by atoms with Crippen LogP contribution in [-0.2, 0) is 32.6 Å². The third-order valence-corrected chi connectivity index (χ3v) is 10.9. The van der Waals surface area contributed by atoms with E-state index in [1.807, 2.05) is 87.5 Å². The Bertz CT molecular complexity index is 1750. The van der Waals surface area contributed by atoms with Crippen LogP contribution in [0.2, 0.25) is 0 Å². The summed E-state index contributed by atoms with van der Waals surface area (Å²) < 4.78 is 29.9. The summed E-state index contributed by atoms with van der Waals surface area (Å²) >= 11 is 0. The lowest BCUT2D eigenvalue weighted by molar-refractivity contribution is -0.140. The van der Waals surface area contributed by atoms with Crippen molar-refractivity contribution in [3.8, 4) is 0 Å². The normalized spacial score (nSPS) is 14.3. The first-order valence-electron chi connectivity index (χ1n) is 16.5. The fourth-order valence-corrected chi connectivity index (χ4v) is 7.71. The Balaban J connectivity index is 1.57. The summed E-state index contributed by atoms with van der Waals surface area (Å²) in [7, 11) is -4.15. The van der Waals surface area contributed by atoms with Gasteiger partial charge in [-0.15, -0.1) is 0 Å². The number of anilines is 1. The molecule has 0 unspecified atom stereocenters. The third-order valence-electron chi connectivity index (χ3n) is 9.15. The summed E-state index contributed by atoms with van der Waals surface area (Å²) in [5, 5.41) is 3.26. The van der Waals surface area contributed by atoms with Gasteiger partial charge in [0.15, 0.2) is 0 Å². The molecule has 0 aliphatic heterocycles. The molecule has 47 heavy (non-hydrogen) atoms. The van der Waals surface area contributed by atoms with E-state index in [4.69, 9.17) is 0 Å². The van der Waals surface area contributed by atoms with Crippen molar-refractivity contribution in [1.29, 1.82) is 0 Å². The Hall–Kier alpha value is -4.43. The summed E-state index contributed by atoms with van der Waals surface area (Å²) in [5.41, 5.74) is 4.81. The van der Waals surface area contributed by atoms with Crippen LogP contribution in [0.4, 0.5) is 5.69 Å². The van der Waals surface area contributed by atoms with Crippen molar-refractivity contribution in [2.75, 3.05) is 10.8 Å². The molecule has 0 spiro atoms. The number of sulfonamides is 1. The van der Waals surface area contributed by atoms with Gasteiger partial charge in [-0.05, 0) is 74.1 Å². The first-order valence-corrected chi connectivity index (χ1v) is 17.9. The maximum absolute atomic E-state index is 14.7. The number of hydrogen-bond acceptors (Lipinski definition) is 4. The van der Waals surface area contributed by atoms with Gasteiger partial charge in [-0.2, -0.15) is 0 Å². The van der Waals surface area contributed by atoms with E-state index < -0.39 is 28.5 Å². The molecule has 0 saturated heterocycles. The number of nitrogens with one attached hydrogen (secondary N) is 1. The second kappa shape index (κ2) is 15.4. The van der Waals surface area contributed by atoms with Crippen LogP contribution in [0.1, 0.15) is 59.9 Å². The zero-order valence-corrected chi connectivity index (χ0v) is 28.4. The van der Waals surface area contributed by atoms with E-state index in [2.05, 4.69) is 5.32 Å². The Morgan fingerprint density at radius 1 is 0.766 bits per heavy atom. The van der Waals surface area contributed by atoms with Crippen molar-refractivity contribution in [2.45, 2.75) is 82.8 Å². The highest BCUT2D eigenvalue weighted by molar-refractivity contribution is 7.92. The lowest BCUT2D eigenvalue weighted by atomic mass is 9.94. The number of carbonyl (C=O) groups is 2. The number of rotatable bonds is 12. The molecule has 7 nitrogen and oxygen atoms in total. The van der Waals surface area contributed by atoms with Crippen molar-refractivity contribution in [1.82, 2.24) is 10.2 Å². The minimum atomic E-state index is -4.15. The van der Waals surface area contributed by atoms with Crippen LogP contribution in [-0.4, -0.2) is 43.8 Å².